The highest BCUT2D eigenvalue weighted by molar-refractivity contribution is 7.12. The number of aliphatic carboxylic acids is 1. The van der Waals surface area contributed by atoms with Gasteiger partial charge in [-0.15, -0.1) is 11.3 Å². The van der Waals surface area contributed by atoms with E-state index >= 15 is 0 Å². The van der Waals surface area contributed by atoms with Gasteiger partial charge in [-0.3, -0.25) is 4.79 Å². The van der Waals surface area contributed by atoms with Crippen LogP contribution in [0.4, 0.5) is 0 Å². The van der Waals surface area contributed by atoms with Crippen molar-refractivity contribution >= 4 is 51.4 Å². The van der Waals surface area contributed by atoms with Crippen LogP contribution >= 0.6 is 23.1 Å². The molecule has 0 saturated carbocycles. The first kappa shape index (κ1) is 21.9. The number of carboxylic acids is 1. The number of aromatic nitrogens is 2. The van der Waals surface area contributed by atoms with Gasteiger partial charge < -0.3 is 9.84 Å². The standard InChI is InChI=1S/C24H20N2O4S2/c1-13-8-21(31-12-13)23(27)17(10-15-4-7-20(30-3)14(2)9-15)22(24(28)29)16-5-6-18-19(11-16)26-32-25-18/h4-9,11-12H,10H2,1-3H3,(H,28,29). The smallest absolute Gasteiger partial charge is 0.336 e. The second-order valence-corrected chi connectivity index (χ2v) is 8.86. The number of methoxy groups -OCH3 is 1. The van der Waals surface area contributed by atoms with Gasteiger partial charge in [-0.05, 0) is 65.7 Å². The van der Waals surface area contributed by atoms with E-state index in [-0.39, 0.29) is 23.4 Å². The number of thiophene rings is 1. The van der Waals surface area contributed by atoms with E-state index in [4.69, 9.17) is 4.74 Å². The Morgan fingerprint density at radius 2 is 1.81 bits per heavy atom. The number of carbonyl (C=O) groups excluding carboxylic acids is 1. The third-order valence-corrected chi connectivity index (χ3v) is 6.73. The Morgan fingerprint density at radius 1 is 1.03 bits per heavy atom. The molecular formula is C24H20N2O4S2. The molecule has 32 heavy (non-hydrogen) atoms. The molecule has 0 spiro atoms. The molecule has 0 aliphatic rings. The van der Waals surface area contributed by atoms with Gasteiger partial charge in [-0.2, -0.15) is 8.75 Å². The molecule has 2 aromatic heterocycles. The molecule has 1 N–H and O–H groups in total. The van der Waals surface area contributed by atoms with Crippen molar-refractivity contribution in [1.82, 2.24) is 8.75 Å². The lowest BCUT2D eigenvalue weighted by Gasteiger charge is -2.13. The van der Waals surface area contributed by atoms with Crippen LogP contribution in [-0.2, 0) is 11.2 Å². The number of allylic oxidation sites excluding steroid dienone is 1. The van der Waals surface area contributed by atoms with Crippen LogP contribution in [0.1, 0.15) is 31.9 Å². The Bertz CT molecular complexity index is 1370. The molecule has 0 radical (unpaired) electrons. The number of benzene rings is 2. The Morgan fingerprint density at radius 3 is 2.47 bits per heavy atom. The molecule has 0 saturated heterocycles. The topological polar surface area (TPSA) is 89.4 Å². The monoisotopic (exact) mass is 464 g/mol. The van der Waals surface area contributed by atoms with Crippen molar-refractivity contribution in [2.45, 2.75) is 20.3 Å². The van der Waals surface area contributed by atoms with Crippen molar-refractivity contribution < 1.29 is 19.4 Å². The van der Waals surface area contributed by atoms with Crippen molar-refractivity contribution in [3.05, 3.63) is 80.5 Å². The van der Waals surface area contributed by atoms with Crippen LogP contribution in [0.2, 0.25) is 0 Å². The van der Waals surface area contributed by atoms with Crippen LogP contribution in [0, 0.1) is 13.8 Å². The highest BCUT2D eigenvalue weighted by Crippen LogP contribution is 2.30. The number of ether oxygens (including phenoxy) is 1. The molecule has 0 fully saturated rings. The normalized spacial score (nSPS) is 12.0. The van der Waals surface area contributed by atoms with Crippen LogP contribution in [-0.4, -0.2) is 32.7 Å². The summed E-state index contributed by atoms with van der Waals surface area (Å²) in [6.45, 7) is 3.82. The lowest BCUT2D eigenvalue weighted by atomic mass is 9.90. The summed E-state index contributed by atoms with van der Waals surface area (Å²) in [5, 5.41) is 12.1. The molecule has 4 rings (SSSR count). The fraction of sp³-hybridized carbons (Fsp3) is 0.167. The number of aryl methyl sites for hydroxylation is 2. The van der Waals surface area contributed by atoms with Gasteiger partial charge in [0.05, 0.1) is 29.3 Å². The van der Waals surface area contributed by atoms with Gasteiger partial charge in [0.15, 0.2) is 5.78 Å². The zero-order valence-corrected chi connectivity index (χ0v) is 19.3. The molecule has 2 aromatic carbocycles. The number of fused-ring (bicyclic) bond motifs is 1. The number of hydrogen-bond acceptors (Lipinski definition) is 7. The number of rotatable bonds is 7. The molecule has 0 aliphatic heterocycles. The Balaban J connectivity index is 1.90. The molecule has 0 unspecified atom stereocenters. The number of Topliss-reactive ketones (excluding diaryl/α,β-unsaturated/α-hetero) is 1. The zero-order valence-electron chi connectivity index (χ0n) is 17.7. The third kappa shape index (κ3) is 4.32. The Labute approximate surface area is 193 Å². The molecule has 6 nitrogen and oxygen atoms in total. The minimum absolute atomic E-state index is 0.0237. The first-order valence-corrected chi connectivity index (χ1v) is 11.4. The quantitative estimate of drug-likeness (QED) is 0.293. The minimum atomic E-state index is -1.16. The van der Waals surface area contributed by atoms with Gasteiger partial charge in [-0.25, -0.2) is 4.79 Å². The third-order valence-electron chi connectivity index (χ3n) is 5.13. The van der Waals surface area contributed by atoms with E-state index in [0.717, 1.165) is 34.2 Å². The fourth-order valence-corrected chi connectivity index (χ4v) is 4.98. The SMILES string of the molecule is COc1ccc(CC(C(=O)c2cc(C)cs2)=C(C(=O)O)c2ccc3nsnc3c2)cc1C. The molecular weight excluding hydrogens is 444 g/mol. The van der Waals surface area contributed by atoms with Gasteiger partial charge in [0, 0.05) is 12.0 Å². The van der Waals surface area contributed by atoms with E-state index in [1.807, 2.05) is 37.4 Å². The number of nitrogens with zero attached hydrogens (tertiary/aromatic N) is 2. The molecule has 0 atom stereocenters. The molecule has 0 aliphatic carbocycles. The van der Waals surface area contributed by atoms with Gasteiger partial charge in [-0.1, -0.05) is 18.2 Å². The summed E-state index contributed by atoms with van der Waals surface area (Å²) in [7, 11) is 1.60. The van der Waals surface area contributed by atoms with Gasteiger partial charge >= 0.3 is 5.97 Å². The van der Waals surface area contributed by atoms with Crippen LogP contribution in [0.3, 0.4) is 0 Å². The Kier molecular flexibility index (Phi) is 6.16. The summed E-state index contributed by atoms with van der Waals surface area (Å²) in [5.41, 5.74) is 4.63. The number of ketones is 1. The summed E-state index contributed by atoms with van der Waals surface area (Å²) >= 11 is 2.38. The van der Waals surface area contributed by atoms with Gasteiger partial charge in [0.2, 0.25) is 0 Å². The van der Waals surface area contributed by atoms with Gasteiger partial charge in [0.1, 0.15) is 16.8 Å². The first-order chi connectivity index (χ1) is 15.4. The van der Waals surface area contributed by atoms with Crippen molar-refractivity contribution in [3.8, 4) is 5.75 Å². The van der Waals surface area contributed by atoms with E-state index in [0.29, 0.717) is 21.5 Å². The summed E-state index contributed by atoms with van der Waals surface area (Å²) in [6.07, 6.45) is 0.176. The maximum absolute atomic E-state index is 13.5. The average molecular weight is 465 g/mol. The highest BCUT2D eigenvalue weighted by atomic mass is 32.1. The number of carbonyl (C=O) groups is 2. The molecule has 0 bridgehead atoms. The summed E-state index contributed by atoms with van der Waals surface area (Å²) in [6, 6.07) is 12.5. The van der Waals surface area contributed by atoms with Crippen molar-refractivity contribution in [1.29, 1.82) is 0 Å². The maximum Gasteiger partial charge on any atom is 0.336 e. The van der Waals surface area contributed by atoms with Crippen molar-refractivity contribution in [3.63, 3.8) is 0 Å². The number of hydrogen-bond donors (Lipinski definition) is 1. The molecule has 8 heteroatoms. The van der Waals surface area contributed by atoms with Crippen LogP contribution in [0.25, 0.3) is 16.6 Å². The summed E-state index contributed by atoms with van der Waals surface area (Å²) in [5.74, 6) is -0.709. The van der Waals surface area contributed by atoms with Crippen LogP contribution in [0.15, 0.2) is 53.4 Å². The maximum atomic E-state index is 13.5. The zero-order chi connectivity index (χ0) is 22.8. The molecule has 4 aromatic rings. The predicted molar refractivity (Wildman–Crippen MR) is 127 cm³/mol. The van der Waals surface area contributed by atoms with E-state index in [1.165, 1.54) is 11.3 Å². The predicted octanol–water partition coefficient (Wildman–Crippen LogP) is 5.34. The highest BCUT2D eigenvalue weighted by Gasteiger charge is 2.25. The molecule has 162 valence electrons. The van der Waals surface area contributed by atoms with E-state index < -0.39 is 5.97 Å². The van der Waals surface area contributed by atoms with Crippen molar-refractivity contribution in [2.75, 3.05) is 7.11 Å². The minimum Gasteiger partial charge on any atom is -0.496 e. The van der Waals surface area contributed by atoms with Crippen LogP contribution < -0.4 is 4.74 Å². The summed E-state index contributed by atoms with van der Waals surface area (Å²) < 4.78 is 13.7. The second kappa shape index (κ2) is 9.02. The van der Waals surface area contributed by atoms with E-state index in [1.54, 1.807) is 31.4 Å². The Hall–Kier alpha value is -3.36. The van der Waals surface area contributed by atoms with Crippen molar-refractivity contribution in [2.24, 2.45) is 0 Å². The van der Waals surface area contributed by atoms with Gasteiger partial charge in [0.25, 0.3) is 0 Å². The second-order valence-electron chi connectivity index (χ2n) is 7.42. The molecule has 2 heterocycles. The van der Waals surface area contributed by atoms with E-state index in [9.17, 15) is 14.7 Å². The van der Waals surface area contributed by atoms with E-state index in [2.05, 4.69) is 8.75 Å². The van der Waals surface area contributed by atoms with Crippen LogP contribution in [0.5, 0.6) is 5.75 Å². The largest absolute Gasteiger partial charge is 0.496 e. The first-order valence-electron chi connectivity index (χ1n) is 9.80. The lowest BCUT2D eigenvalue weighted by Crippen LogP contribution is -2.13. The lowest BCUT2D eigenvalue weighted by molar-refractivity contribution is -0.130. The summed E-state index contributed by atoms with van der Waals surface area (Å²) in [4.78, 5) is 26.5. The average Bonchev–Trinajstić information content (AvgIpc) is 3.41. The fourth-order valence-electron chi connectivity index (χ4n) is 3.60. The number of carboxylic acid groups (broad SMARTS) is 1. The molecule has 0 amide bonds.